The van der Waals surface area contributed by atoms with Gasteiger partial charge in [-0.15, -0.1) is 16.4 Å². The summed E-state index contributed by atoms with van der Waals surface area (Å²) in [4.78, 5) is 25.2. The molecule has 2 aromatic rings. The summed E-state index contributed by atoms with van der Waals surface area (Å²) in [6.07, 6.45) is 1.39. The second-order valence-electron chi connectivity index (χ2n) is 4.36. The van der Waals surface area contributed by atoms with Crippen LogP contribution in [0.5, 0.6) is 0 Å². The van der Waals surface area contributed by atoms with Crippen LogP contribution >= 0.6 is 27.3 Å². The molecule has 0 unspecified atom stereocenters. The summed E-state index contributed by atoms with van der Waals surface area (Å²) in [6, 6.07) is 3.61. The third-order valence-electron chi connectivity index (χ3n) is 3.04. The second kappa shape index (κ2) is 4.98. The van der Waals surface area contributed by atoms with E-state index in [1.807, 2.05) is 6.07 Å². The van der Waals surface area contributed by atoms with Crippen LogP contribution < -0.4 is 0 Å². The predicted molar refractivity (Wildman–Crippen MR) is 73.9 cm³/mol. The van der Waals surface area contributed by atoms with Crippen LogP contribution in [0.1, 0.15) is 26.2 Å². The van der Waals surface area contributed by atoms with Gasteiger partial charge in [-0.25, -0.2) is 9.48 Å². The Kier molecular flexibility index (Phi) is 3.30. The Labute approximate surface area is 125 Å². The molecule has 3 rings (SSSR count). The number of carboxylic acids is 1. The number of rotatable bonds is 3. The normalized spacial score (nSPS) is 15.2. The first-order chi connectivity index (χ1) is 9.54. The number of likely N-dealkylation sites (tertiary alicyclic amines) is 1. The van der Waals surface area contributed by atoms with Crippen LogP contribution in [0.25, 0.3) is 0 Å². The van der Waals surface area contributed by atoms with Crippen molar-refractivity contribution < 1.29 is 14.7 Å². The third-order valence-corrected chi connectivity index (χ3v) is 4.65. The molecule has 0 atom stereocenters. The number of carboxylic acid groups (broad SMARTS) is 1. The van der Waals surface area contributed by atoms with Gasteiger partial charge in [0.1, 0.15) is 0 Å². The van der Waals surface area contributed by atoms with Gasteiger partial charge in [0.15, 0.2) is 5.69 Å². The molecule has 0 aromatic carbocycles. The number of halogens is 1. The fourth-order valence-corrected chi connectivity index (χ4v) is 3.28. The maximum atomic E-state index is 12.1. The van der Waals surface area contributed by atoms with Gasteiger partial charge in [-0.1, -0.05) is 5.21 Å². The Morgan fingerprint density at radius 1 is 1.40 bits per heavy atom. The third kappa shape index (κ3) is 2.34. The summed E-state index contributed by atoms with van der Waals surface area (Å²) < 4.78 is 2.41. The van der Waals surface area contributed by atoms with Gasteiger partial charge in [-0.05, 0) is 28.1 Å². The van der Waals surface area contributed by atoms with Gasteiger partial charge < -0.3 is 10.0 Å². The summed E-state index contributed by atoms with van der Waals surface area (Å²) in [5.74, 6) is -1.12. The van der Waals surface area contributed by atoms with Gasteiger partial charge in [0, 0.05) is 13.1 Å². The van der Waals surface area contributed by atoms with E-state index in [0.717, 1.165) is 3.79 Å². The van der Waals surface area contributed by atoms with E-state index in [2.05, 4.69) is 26.2 Å². The topological polar surface area (TPSA) is 88.3 Å². The molecule has 20 heavy (non-hydrogen) atoms. The molecule has 3 heterocycles. The van der Waals surface area contributed by atoms with E-state index in [-0.39, 0.29) is 17.6 Å². The largest absolute Gasteiger partial charge is 0.476 e. The molecule has 0 radical (unpaired) electrons. The Bertz CT molecular complexity index is 677. The van der Waals surface area contributed by atoms with E-state index in [9.17, 15) is 9.59 Å². The highest BCUT2D eigenvalue weighted by atomic mass is 79.9. The van der Waals surface area contributed by atoms with Crippen molar-refractivity contribution in [2.75, 3.05) is 13.1 Å². The maximum absolute atomic E-state index is 12.1. The van der Waals surface area contributed by atoms with Crippen LogP contribution in [0.15, 0.2) is 22.1 Å². The van der Waals surface area contributed by atoms with Crippen molar-refractivity contribution in [1.82, 2.24) is 19.9 Å². The molecule has 0 aliphatic carbocycles. The number of thiophene rings is 1. The minimum atomic E-state index is -1.10. The Hall–Kier alpha value is -1.74. The monoisotopic (exact) mass is 356 g/mol. The van der Waals surface area contributed by atoms with Crippen molar-refractivity contribution in [1.29, 1.82) is 0 Å². The molecule has 9 heteroatoms. The number of nitrogens with zero attached hydrogens (tertiary/aromatic N) is 4. The molecule has 1 aliphatic rings. The first-order valence-electron chi connectivity index (χ1n) is 5.74. The van der Waals surface area contributed by atoms with E-state index >= 15 is 0 Å². The predicted octanol–water partition coefficient (Wildman–Crippen LogP) is 1.50. The van der Waals surface area contributed by atoms with Crippen molar-refractivity contribution in [2.45, 2.75) is 6.04 Å². The average molecular weight is 357 g/mol. The van der Waals surface area contributed by atoms with Crippen LogP contribution in [0.4, 0.5) is 0 Å². The average Bonchev–Trinajstić information content (AvgIpc) is 2.96. The number of carbonyl (C=O) groups is 2. The SMILES string of the molecule is O=C(O)c1cn(C2CN(C(=O)c3ccc(Br)s3)C2)nn1. The fraction of sp³-hybridized carbons (Fsp3) is 0.273. The number of aromatic carboxylic acids is 1. The Morgan fingerprint density at radius 2 is 2.15 bits per heavy atom. The molecule has 0 spiro atoms. The second-order valence-corrected chi connectivity index (χ2v) is 6.82. The molecule has 0 saturated carbocycles. The lowest BCUT2D eigenvalue weighted by atomic mass is 10.1. The van der Waals surface area contributed by atoms with E-state index in [1.54, 1.807) is 11.0 Å². The van der Waals surface area contributed by atoms with Gasteiger partial charge in [0.25, 0.3) is 5.91 Å². The van der Waals surface area contributed by atoms with Gasteiger partial charge in [0.2, 0.25) is 0 Å². The van der Waals surface area contributed by atoms with E-state index < -0.39 is 5.97 Å². The van der Waals surface area contributed by atoms with Crippen LogP contribution in [-0.2, 0) is 0 Å². The molecule has 1 amide bonds. The smallest absolute Gasteiger partial charge is 0.358 e. The maximum Gasteiger partial charge on any atom is 0.358 e. The van der Waals surface area contributed by atoms with E-state index in [0.29, 0.717) is 18.0 Å². The number of aromatic nitrogens is 3. The van der Waals surface area contributed by atoms with E-state index in [4.69, 9.17) is 5.11 Å². The number of hydrogen-bond donors (Lipinski definition) is 1. The molecule has 104 valence electrons. The lowest BCUT2D eigenvalue weighted by Crippen LogP contribution is -2.50. The van der Waals surface area contributed by atoms with Crippen molar-refractivity contribution in [2.24, 2.45) is 0 Å². The Balaban J connectivity index is 1.63. The zero-order valence-corrected chi connectivity index (χ0v) is 12.5. The Morgan fingerprint density at radius 3 is 2.70 bits per heavy atom. The number of amides is 1. The number of hydrogen-bond acceptors (Lipinski definition) is 5. The molecular weight excluding hydrogens is 348 g/mol. The van der Waals surface area contributed by atoms with Crippen LogP contribution in [0.2, 0.25) is 0 Å². The molecule has 1 N–H and O–H groups in total. The summed E-state index contributed by atoms with van der Waals surface area (Å²) in [6.45, 7) is 1.02. The summed E-state index contributed by atoms with van der Waals surface area (Å²) in [5, 5.41) is 16.1. The van der Waals surface area contributed by atoms with Gasteiger partial charge in [-0.3, -0.25) is 4.79 Å². The lowest BCUT2D eigenvalue weighted by molar-refractivity contribution is 0.0502. The number of carbonyl (C=O) groups excluding carboxylic acids is 1. The quantitative estimate of drug-likeness (QED) is 0.899. The molecular formula is C11H9BrN4O3S. The van der Waals surface area contributed by atoms with Crippen molar-refractivity contribution in [3.8, 4) is 0 Å². The van der Waals surface area contributed by atoms with Crippen molar-refractivity contribution >= 4 is 39.1 Å². The molecule has 2 aromatic heterocycles. The molecule has 1 fully saturated rings. The molecule has 0 bridgehead atoms. The van der Waals surface area contributed by atoms with Crippen LogP contribution in [0.3, 0.4) is 0 Å². The summed E-state index contributed by atoms with van der Waals surface area (Å²) in [5.41, 5.74) is -0.0861. The van der Waals surface area contributed by atoms with Crippen LogP contribution in [0, 0.1) is 0 Å². The zero-order valence-electron chi connectivity index (χ0n) is 10.1. The molecule has 1 saturated heterocycles. The van der Waals surface area contributed by atoms with Gasteiger partial charge in [0.05, 0.1) is 20.9 Å². The first kappa shape index (κ1) is 13.3. The highest BCUT2D eigenvalue weighted by molar-refractivity contribution is 9.11. The van der Waals surface area contributed by atoms with Gasteiger partial charge >= 0.3 is 5.97 Å². The summed E-state index contributed by atoms with van der Waals surface area (Å²) in [7, 11) is 0. The van der Waals surface area contributed by atoms with Gasteiger partial charge in [-0.2, -0.15) is 0 Å². The minimum absolute atomic E-state index is 0.0112. The highest BCUT2D eigenvalue weighted by Gasteiger charge is 2.34. The van der Waals surface area contributed by atoms with Crippen molar-refractivity contribution in [3.05, 3.63) is 32.7 Å². The highest BCUT2D eigenvalue weighted by Crippen LogP contribution is 2.27. The van der Waals surface area contributed by atoms with E-state index in [1.165, 1.54) is 22.2 Å². The molecule has 1 aliphatic heterocycles. The fourth-order valence-electron chi connectivity index (χ4n) is 1.93. The molecule has 7 nitrogen and oxygen atoms in total. The zero-order chi connectivity index (χ0) is 14.3. The van der Waals surface area contributed by atoms with Crippen LogP contribution in [-0.4, -0.2) is 50.0 Å². The lowest BCUT2D eigenvalue weighted by Gasteiger charge is -2.38. The summed E-state index contributed by atoms with van der Waals surface area (Å²) >= 11 is 4.72. The van der Waals surface area contributed by atoms with Crippen molar-refractivity contribution in [3.63, 3.8) is 0 Å². The standard InChI is InChI=1S/C11H9BrN4O3S/c12-9-2-1-8(20-9)10(17)15-3-6(4-15)16-5-7(11(18)19)13-14-16/h1-2,5-6H,3-4H2,(H,18,19). The first-order valence-corrected chi connectivity index (χ1v) is 7.35. The minimum Gasteiger partial charge on any atom is -0.476 e.